The maximum atomic E-state index is 12.7. The van der Waals surface area contributed by atoms with Crippen LogP contribution in [0.15, 0.2) is 0 Å². The van der Waals surface area contributed by atoms with Gasteiger partial charge >= 0.3 is 32.2 Å². The minimum atomic E-state index is -4.44. The summed E-state index contributed by atoms with van der Waals surface area (Å²) < 4.78 is 95.3. The zero-order valence-electron chi connectivity index (χ0n) is 32.4. The summed E-state index contributed by atoms with van der Waals surface area (Å²) in [7, 11) is -14.3. The quantitative estimate of drug-likeness (QED) is 0.0510. The normalized spacial score (nSPS) is 16.9. The first-order valence-electron chi connectivity index (χ1n) is 16.7. The number of hydrogen-bond donors (Lipinski definition) is 4. The van der Waals surface area contributed by atoms with Crippen molar-refractivity contribution in [1.29, 1.82) is 0 Å². The Kier molecular flexibility index (Phi) is 21.5. The van der Waals surface area contributed by atoms with Crippen molar-refractivity contribution in [3.63, 3.8) is 0 Å². The fraction of sp³-hybridized carbons (Fsp3) is 1.00. The van der Waals surface area contributed by atoms with Crippen LogP contribution in [-0.4, -0.2) is 92.8 Å². The summed E-state index contributed by atoms with van der Waals surface area (Å²) in [5, 5.41) is 0. The zero-order valence-corrected chi connectivity index (χ0v) is 35.9. The van der Waals surface area contributed by atoms with Crippen LogP contribution in [0, 0.1) is 0 Å². The van der Waals surface area contributed by atoms with E-state index in [1.807, 2.05) is 0 Å². The summed E-state index contributed by atoms with van der Waals surface area (Å²) in [5.74, 6) is 0. The van der Waals surface area contributed by atoms with E-state index in [1.165, 1.54) is 0 Å². The lowest BCUT2D eigenvalue weighted by Gasteiger charge is -2.31. The third-order valence-corrected chi connectivity index (χ3v) is 11.0. The highest BCUT2D eigenvalue weighted by Crippen LogP contribution is 2.49. The number of ether oxygens (including phenoxy) is 3. The molecule has 4 N–H and O–H groups in total. The van der Waals surface area contributed by atoms with E-state index in [0.717, 1.165) is 0 Å². The fourth-order valence-electron chi connectivity index (χ4n) is 4.14. The van der Waals surface area contributed by atoms with Crippen LogP contribution in [0.25, 0.3) is 0 Å². The van der Waals surface area contributed by atoms with Crippen molar-refractivity contribution in [2.24, 2.45) is 0 Å². The summed E-state index contributed by atoms with van der Waals surface area (Å²) >= 11 is 0. The fourth-order valence-corrected chi connectivity index (χ4v) is 7.09. The Labute approximate surface area is 305 Å². The lowest BCUT2D eigenvalue weighted by atomic mass is 10.0. The molecule has 0 radical (unpaired) electrons. The Balaban J connectivity index is 4.62. The number of phosphoric acid groups is 2. The van der Waals surface area contributed by atoms with Gasteiger partial charge in [-0.15, -0.1) is 18.8 Å². The molecule has 17 nitrogen and oxygen atoms in total. The molecular formula is C30H64O17P4+2. The second-order valence-electron chi connectivity index (χ2n) is 15.8. The van der Waals surface area contributed by atoms with Crippen molar-refractivity contribution < 1.29 is 79.2 Å². The second kappa shape index (κ2) is 21.4. The number of rotatable bonds is 30. The molecule has 4 unspecified atom stereocenters. The maximum Gasteiger partial charge on any atom is 0.695 e. The van der Waals surface area contributed by atoms with Crippen LogP contribution in [0.1, 0.15) is 122 Å². The van der Waals surface area contributed by atoms with Gasteiger partial charge in [-0.3, -0.25) is 18.1 Å². The highest BCUT2D eigenvalue weighted by atomic mass is 31.2. The van der Waals surface area contributed by atoms with Crippen LogP contribution in [0.5, 0.6) is 0 Å². The van der Waals surface area contributed by atoms with E-state index in [0.29, 0.717) is 12.8 Å². The van der Waals surface area contributed by atoms with Crippen molar-refractivity contribution in [3.8, 4) is 0 Å². The van der Waals surface area contributed by atoms with Gasteiger partial charge in [-0.2, -0.15) is 0 Å². The Hall–Kier alpha value is 0.140. The average Bonchev–Trinajstić information content (AvgIpc) is 2.84. The van der Waals surface area contributed by atoms with Gasteiger partial charge in [-0.05, 0) is 109 Å². The zero-order chi connectivity index (χ0) is 40.0. The standard InChI is InChI=1S/C30H62O17P4/c1-25(2,16-22-42-48(31)32)40-20-14-29(9,10)46-51(37,38)44-24-18-27(5,6)41-21-15-30(11,12)47-50(35,36)43-23-17-26(3,4)39-19-13-28(7,8)45-49(33)34/h13-24H2,1-12H3,(H2-2,31,32,33,34,35,36,37,38)/p+2. The highest BCUT2D eigenvalue weighted by molar-refractivity contribution is 7.47. The molecule has 51 heavy (non-hydrogen) atoms. The van der Waals surface area contributed by atoms with E-state index in [-0.39, 0.29) is 65.3 Å². The molecule has 0 aliphatic rings. The number of phosphoric ester groups is 2. The Bertz CT molecular complexity index is 1170. The van der Waals surface area contributed by atoms with Crippen LogP contribution in [0.4, 0.5) is 0 Å². The largest absolute Gasteiger partial charge is 0.695 e. The van der Waals surface area contributed by atoms with Gasteiger partial charge in [0, 0.05) is 22.0 Å². The molecule has 304 valence electrons. The Morgan fingerprint density at radius 3 is 1.06 bits per heavy atom. The molecule has 0 bridgehead atoms. The van der Waals surface area contributed by atoms with Crippen LogP contribution < -0.4 is 0 Å². The predicted molar refractivity (Wildman–Crippen MR) is 190 cm³/mol. The molecule has 0 rings (SSSR count). The molecular weight excluding hydrogens is 756 g/mol. The van der Waals surface area contributed by atoms with Gasteiger partial charge in [0.15, 0.2) is 0 Å². The summed E-state index contributed by atoms with van der Waals surface area (Å²) in [6.07, 6.45) is 1.69. The van der Waals surface area contributed by atoms with E-state index in [1.54, 1.807) is 83.1 Å². The van der Waals surface area contributed by atoms with Gasteiger partial charge in [0.2, 0.25) is 0 Å². The molecule has 0 saturated carbocycles. The van der Waals surface area contributed by atoms with Gasteiger partial charge in [0.05, 0.1) is 61.0 Å². The summed E-state index contributed by atoms with van der Waals surface area (Å²) in [5.41, 5.74) is -5.20. The van der Waals surface area contributed by atoms with Crippen LogP contribution in [-0.2, 0) is 59.6 Å². The van der Waals surface area contributed by atoms with Gasteiger partial charge in [-0.1, -0.05) is 0 Å². The SMILES string of the molecule is CC(C)(CCO[P+](=O)O)OCCC(C)(C)OP(=O)(O)OCCC(C)(C)OCCC(C)(C)OP(=O)(O)OCCC(C)(C)OCCC(C)(C)O[P+](=O)O. The molecule has 0 aromatic heterocycles. The van der Waals surface area contributed by atoms with Gasteiger partial charge in [-0.25, -0.2) is 9.13 Å². The molecule has 0 aliphatic heterocycles. The minimum Gasteiger partial charge on any atom is -0.375 e. The molecule has 0 heterocycles. The summed E-state index contributed by atoms with van der Waals surface area (Å²) in [6, 6.07) is 0. The Morgan fingerprint density at radius 1 is 0.451 bits per heavy atom. The third kappa shape index (κ3) is 28.2. The molecule has 0 aromatic carbocycles. The highest BCUT2D eigenvalue weighted by Gasteiger charge is 2.36. The first-order chi connectivity index (χ1) is 22.8. The lowest BCUT2D eigenvalue weighted by Crippen LogP contribution is -2.32. The van der Waals surface area contributed by atoms with E-state index < -0.39 is 65.8 Å². The van der Waals surface area contributed by atoms with Crippen molar-refractivity contribution in [2.45, 2.75) is 155 Å². The Morgan fingerprint density at radius 2 is 0.745 bits per heavy atom. The maximum absolute atomic E-state index is 12.7. The van der Waals surface area contributed by atoms with Gasteiger partial charge in [0.1, 0.15) is 12.2 Å². The van der Waals surface area contributed by atoms with Gasteiger partial charge < -0.3 is 24.0 Å². The molecule has 0 amide bonds. The molecule has 0 aromatic rings. The first-order valence-corrected chi connectivity index (χ1v) is 22.0. The smallest absolute Gasteiger partial charge is 0.375 e. The van der Waals surface area contributed by atoms with E-state index in [2.05, 4.69) is 4.52 Å². The molecule has 21 heteroatoms. The monoisotopic (exact) mass is 820 g/mol. The molecule has 0 saturated heterocycles. The molecule has 0 fully saturated rings. The van der Waals surface area contributed by atoms with Crippen LogP contribution >= 0.6 is 32.2 Å². The van der Waals surface area contributed by atoms with Crippen molar-refractivity contribution in [3.05, 3.63) is 0 Å². The summed E-state index contributed by atoms with van der Waals surface area (Å²) in [6.45, 7) is 20.9. The summed E-state index contributed by atoms with van der Waals surface area (Å²) in [4.78, 5) is 38.4. The van der Waals surface area contributed by atoms with Crippen molar-refractivity contribution in [1.82, 2.24) is 0 Å². The average molecular weight is 821 g/mol. The van der Waals surface area contributed by atoms with Crippen molar-refractivity contribution in [2.75, 3.05) is 39.6 Å². The molecule has 0 spiro atoms. The van der Waals surface area contributed by atoms with E-state index in [9.17, 15) is 28.0 Å². The van der Waals surface area contributed by atoms with Crippen LogP contribution in [0.2, 0.25) is 0 Å². The molecule has 4 atom stereocenters. The van der Waals surface area contributed by atoms with Gasteiger partial charge in [0.25, 0.3) is 0 Å². The number of hydrogen-bond acceptors (Lipinski definition) is 13. The van der Waals surface area contributed by atoms with E-state index in [4.69, 9.17) is 46.6 Å². The second-order valence-corrected chi connectivity index (χ2v) is 19.9. The van der Waals surface area contributed by atoms with Crippen molar-refractivity contribution >= 4 is 32.2 Å². The topological polar surface area (TPSA) is 232 Å². The lowest BCUT2D eigenvalue weighted by molar-refractivity contribution is -0.0622. The van der Waals surface area contributed by atoms with Crippen LogP contribution in [0.3, 0.4) is 0 Å². The third-order valence-electron chi connectivity index (χ3n) is 7.46. The predicted octanol–water partition coefficient (Wildman–Crippen LogP) is 7.65. The van der Waals surface area contributed by atoms with E-state index >= 15 is 0 Å². The first kappa shape index (κ1) is 51.1. The minimum absolute atomic E-state index is 0.0403. The molecule has 0 aliphatic carbocycles.